The maximum absolute atomic E-state index is 10.9. The molecule has 0 bridgehead atoms. The van der Waals surface area contributed by atoms with Gasteiger partial charge < -0.3 is 15.3 Å². The molecule has 0 unspecified atom stereocenters. The zero-order valence-corrected chi connectivity index (χ0v) is 16.2. The molecular formula is C18H18BrClN2OS. The number of para-hydroxylation sites is 1. The second-order valence-corrected chi connectivity index (χ2v) is 7.65. The van der Waals surface area contributed by atoms with E-state index in [0.717, 1.165) is 15.7 Å². The zero-order chi connectivity index (χ0) is 17.2. The number of anilines is 1. The molecule has 2 aromatic carbocycles. The van der Waals surface area contributed by atoms with Crippen LogP contribution in [0.15, 0.2) is 53.0 Å². The Hall–Kier alpha value is -1.14. The number of hydrogen-bond donors (Lipinski definition) is 2. The van der Waals surface area contributed by atoms with Crippen LogP contribution in [0.25, 0.3) is 0 Å². The summed E-state index contributed by atoms with van der Waals surface area (Å²) in [5, 5.41) is 15.4. The van der Waals surface area contributed by atoms with Crippen LogP contribution >= 0.6 is 39.7 Å². The second-order valence-electron chi connectivity index (χ2n) is 5.94. The first-order valence-electron chi connectivity index (χ1n) is 7.77. The minimum Gasteiger partial charge on any atom is -0.385 e. The zero-order valence-electron chi connectivity index (χ0n) is 13.0. The number of benzene rings is 2. The summed E-state index contributed by atoms with van der Waals surface area (Å²) in [6.07, 6.45) is 1.28. The molecule has 6 heteroatoms. The Bertz CT molecular complexity index is 730. The summed E-state index contributed by atoms with van der Waals surface area (Å²) in [4.78, 5) is 2.08. The van der Waals surface area contributed by atoms with Crippen LogP contribution in [0.2, 0.25) is 5.02 Å². The molecule has 1 aliphatic rings. The van der Waals surface area contributed by atoms with Gasteiger partial charge in [-0.25, -0.2) is 0 Å². The lowest BCUT2D eigenvalue weighted by molar-refractivity contribution is -0.0117. The maximum atomic E-state index is 10.9. The Kier molecular flexibility index (Phi) is 5.45. The van der Waals surface area contributed by atoms with Crippen molar-refractivity contribution in [2.45, 2.75) is 18.4 Å². The van der Waals surface area contributed by atoms with Gasteiger partial charge >= 0.3 is 0 Å². The number of aliphatic hydroxyl groups is 1. The van der Waals surface area contributed by atoms with E-state index >= 15 is 0 Å². The highest BCUT2D eigenvalue weighted by molar-refractivity contribution is 9.10. The quantitative estimate of drug-likeness (QED) is 0.679. The molecule has 2 aromatic rings. The summed E-state index contributed by atoms with van der Waals surface area (Å²) in [5.74, 6) is 0. The van der Waals surface area contributed by atoms with Gasteiger partial charge in [0.25, 0.3) is 0 Å². The SMILES string of the molecule is OC1(c2ccc(Br)cc2)CCN(C(=S)Nc2ccccc2Cl)CC1. The molecule has 1 fully saturated rings. The molecule has 24 heavy (non-hydrogen) atoms. The number of likely N-dealkylation sites (tertiary alicyclic amines) is 1. The van der Waals surface area contributed by atoms with Gasteiger partial charge in [0, 0.05) is 17.6 Å². The van der Waals surface area contributed by atoms with Gasteiger partial charge in [-0.3, -0.25) is 0 Å². The van der Waals surface area contributed by atoms with Crippen LogP contribution in [-0.4, -0.2) is 28.2 Å². The first kappa shape index (κ1) is 17.7. The fourth-order valence-electron chi connectivity index (χ4n) is 2.89. The van der Waals surface area contributed by atoms with Crippen LogP contribution in [0.1, 0.15) is 18.4 Å². The predicted octanol–water partition coefficient (Wildman–Crippen LogP) is 4.78. The van der Waals surface area contributed by atoms with E-state index in [1.54, 1.807) is 0 Å². The fraction of sp³-hybridized carbons (Fsp3) is 0.278. The summed E-state index contributed by atoms with van der Waals surface area (Å²) in [6, 6.07) is 15.4. The largest absolute Gasteiger partial charge is 0.385 e. The van der Waals surface area contributed by atoms with Gasteiger partial charge in [0.2, 0.25) is 0 Å². The number of thiocarbonyl (C=S) groups is 1. The number of hydrogen-bond acceptors (Lipinski definition) is 2. The van der Waals surface area contributed by atoms with E-state index in [1.165, 1.54) is 0 Å². The summed E-state index contributed by atoms with van der Waals surface area (Å²) >= 11 is 15.1. The Morgan fingerprint density at radius 2 is 1.75 bits per heavy atom. The lowest BCUT2D eigenvalue weighted by Gasteiger charge is -2.39. The predicted molar refractivity (Wildman–Crippen MR) is 107 cm³/mol. The average molecular weight is 426 g/mol. The Morgan fingerprint density at radius 1 is 1.12 bits per heavy atom. The van der Waals surface area contributed by atoms with Gasteiger partial charge in [-0.1, -0.05) is 51.8 Å². The third-order valence-corrected chi connectivity index (χ3v) is 5.59. The Balaban J connectivity index is 1.63. The Morgan fingerprint density at radius 3 is 2.38 bits per heavy atom. The number of nitrogens with one attached hydrogen (secondary N) is 1. The van der Waals surface area contributed by atoms with Crippen LogP contribution in [0.5, 0.6) is 0 Å². The van der Waals surface area contributed by atoms with E-state index in [-0.39, 0.29) is 0 Å². The summed E-state index contributed by atoms with van der Waals surface area (Å²) in [7, 11) is 0. The normalized spacial score (nSPS) is 16.7. The molecule has 1 saturated heterocycles. The summed E-state index contributed by atoms with van der Waals surface area (Å²) in [5.41, 5.74) is 0.963. The van der Waals surface area contributed by atoms with Crippen LogP contribution in [-0.2, 0) is 5.60 Å². The molecule has 3 nitrogen and oxygen atoms in total. The Labute approximate surface area is 160 Å². The van der Waals surface area contributed by atoms with E-state index in [0.29, 0.717) is 36.1 Å². The maximum Gasteiger partial charge on any atom is 0.173 e. The van der Waals surface area contributed by atoms with Gasteiger partial charge in [0.05, 0.1) is 16.3 Å². The molecule has 0 saturated carbocycles. The van der Waals surface area contributed by atoms with Crippen molar-refractivity contribution >= 4 is 50.5 Å². The lowest BCUT2D eigenvalue weighted by atomic mass is 9.84. The molecule has 1 heterocycles. The highest BCUT2D eigenvalue weighted by atomic mass is 79.9. The van der Waals surface area contributed by atoms with Crippen LogP contribution < -0.4 is 5.32 Å². The average Bonchev–Trinajstić information content (AvgIpc) is 2.58. The molecule has 0 atom stereocenters. The smallest absolute Gasteiger partial charge is 0.173 e. The molecule has 0 amide bonds. The molecule has 2 N–H and O–H groups in total. The topological polar surface area (TPSA) is 35.5 Å². The molecule has 3 rings (SSSR count). The van der Waals surface area contributed by atoms with E-state index < -0.39 is 5.60 Å². The molecule has 0 aliphatic carbocycles. The third kappa shape index (κ3) is 3.91. The fourth-order valence-corrected chi connectivity index (χ4v) is 3.63. The number of halogens is 2. The summed E-state index contributed by atoms with van der Waals surface area (Å²) in [6.45, 7) is 1.39. The van der Waals surface area contributed by atoms with Crippen molar-refractivity contribution in [1.82, 2.24) is 4.90 Å². The summed E-state index contributed by atoms with van der Waals surface area (Å²) < 4.78 is 1.01. The number of piperidine rings is 1. The first-order valence-corrected chi connectivity index (χ1v) is 9.35. The van der Waals surface area contributed by atoms with Crippen molar-refractivity contribution in [3.8, 4) is 0 Å². The van der Waals surface area contributed by atoms with E-state index in [1.807, 2.05) is 48.5 Å². The third-order valence-electron chi connectivity index (χ3n) is 4.37. The molecule has 0 radical (unpaired) electrons. The van der Waals surface area contributed by atoms with Crippen LogP contribution in [0.3, 0.4) is 0 Å². The van der Waals surface area contributed by atoms with Gasteiger partial charge in [-0.2, -0.15) is 0 Å². The molecule has 0 aromatic heterocycles. The second kappa shape index (κ2) is 7.40. The van der Waals surface area contributed by atoms with Gasteiger partial charge in [0.15, 0.2) is 5.11 Å². The van der Waals surface area contributed by atoms with E-state index in [9.17, 15) is 5.11 Å². The van der Waals surface area contributed by atoms with Crippen LogP contribution in [0.4, 0.5) is 5.69 Å². The minimum absolute atomic E-state index is 0.638. The minimum atomic E-state index is -0.794. The molecule has 126 valence electrons. The van der Waals surface area contributed by atoms with Gasteiger partial charge in [-0.05, 0) is 54.9 Å². The van der Waals surface area contributed by atoms with Crippen LogP contribution in [0, 0.1) is 0 Å². The molecular weight excluding hydrogens is 408 g/mol. The number of rotatable bonds is 2. The van der Waals surface area contributed by atoms with Crippen molar-refractivity contribution in [3.63, 3.8) is 0 Å². The highest BCUT2D eigenvalue weighted by Gasteiger charge is 2.34. The monoisotopic (exact) mass is 424 g/mol. The standard InChI is InChI=1S/C18H18BrClN2OS/c19-14-7-5-13(6-8-14)18(23)9-11-22(12-10-18)17(24)21-16-4-2-1-3-15(16)20/h1-8,23H,9-12H2,(H,21,24). The van der Waals surface area contributed by atoms with Gasteiger partial charge in [-0.15, -0.1) is 0 Å². The number of nitrogens with zero attached hydrogens (tertiary/aromatic N) is 1. The molecule has 0 spiro atoms. The van der Waals surface area contributed by atoms with Crippen molar-refractivity contribution in [1.29, 1.82) is 0 Å². The van der Waals surface area contributed by atoms with E-state index in [4.69, 9.17) is 23.8 Å². The van der Waals surface area contributed by atoms with Crippen molar-refractivity contribution < 1.29 is 5.11 Å². The van der Waals surface area contributed by atoms with E-state index in [2.05, 4.69) is 26.1 Å². The van der Waals surface area contributed by atoms with Crippen molar-refractivity contribution in [2.24, 2.45) is 0 Å². The first-order chi connectivity index (χ1) is 11.5. The van der Waals surface area contributed by atoms with Crippen molar-refractivity contribution in [3.05, 3.63) is 63.6 Å². The van der Waals surface area contributed by atoms with Gasteiger partial charge in [0.1, 0.15) is 0 Å². The van der Waals surface area contributed by atoms with Crippen molar-refractivity contribution in [2.75, 3.05) is 18.4 Å². The highest BCUT2D eigenvalue weighted by Crippen LogP contribution is 2.33. The lowest BCUT2D eigenvalue weighted by Crippen LogP contribution is -2.46. The molecule has 1 aliphatic heterocycles.